The van der Waals surface area contributed by atoms with Crippen molar-refractivity contribution in [2.24, 2.45) is 16.6 Å². The number of nitrogens with zero attached hydrogens (tertiary/aromatic N) is 2. The average Bonchev–Trinajstić information content (AvgIpc) is 2.53. The van der Waals surface area contributed by atoms with Gasteiger partial charge in [0, 0.05) is 43.7 Å². The van der Waals surface area contributed by atoms with Gasteiger partial charge in [-0.15, -0.1) is 0 Å². The first kappa shape index (κ1) is 18.5. The molecule has 0 aliphatic carbocycles. The van der Waals surface area contributed by atoms with E-state index >= 15 is 0 Å². The van der Waals surface area contributed by atoms with Crippen molar-refractivity contribution in [1.82, 2.24) is 10.2 Å². The van der Waals surface area contributed by atoms with Crippen molar-refractivity contribution in [2.75, 3.05) is 26.7 Å². The van der Waals surface area contributed by atoms with Crippen molar-refractivity contribution in [3.05, 3.63) is 34.6 Å². The number of hydrogen-bond acceptors (Lipinski definition) is 2. The van der Waals surface area contributed by atoms with E-state index in [0.717, 1.165) is 31.9 Å². The first-order chi connectivity index (χ1) is 11.5. The minimum Gasteiger partial charge on any atom is -0.370 e. The second-order valence-corrected chi connectivity index (χ2v) is 6.46. The number of likely N-dealkylation sites (tertiary alicyclic amines) is 1. The van der Waals surface area contributed by atoms with E-state index < -0.39 is 0 Å². The van der Waals surface area contributed by atoms with Crippen LogP contribution in [0.5, 0.6) is 0 Å². The fourth-order valence-electron chi connectivity index (χ4n) is 3.11. The molecule has 2 rings (SSSR count). The van der Waals surface area contributed by atoms with Gasteiger partial charge in [-0.1, -0.05) is 17.7 Å². The zero-order valence-electron chi connectivity index (χ0n) is 13.9. The maximum absolute atomic E-state index is 13.8. The van der Waals surface area contributed by atoms with Gasteiger partial charge in [0.25, 0.3) is 0 Å². The first-order valence-electron chi connectivity index (χ1n) is 8.18. The summed E-state index contributed by atoms with van der Waals surface area (Å²) in [4.78, 5) is 17.5. The van der Waals surface area contributed by atoms with E-state index in [-0.39, 0.29) is 17.6 Å². The van der Waals surface area contributed by atoms with Crippen molar-refractivity contribution in [1.29, 1.82) is 0 Å². The van der Waals surface area contributed by atoms with E-state index in [0.29, 0.717) is 30.0 Å². The van der Waals surface area contributed by atoms with Crippen LogP contribution in [0.1, 0.15) is 24.8 Å². The Morgan fingerprint density at radius 2 is 2.33 bits per heavy atom. The van der Waals surface area contributed by atoms with Crippen LogP contribution >= 0.6 is 11.6 Å². The number of nitrogens with two attached hydrogens (primary N) is 1. The Labute approximate surface area is 147 Å². The molecule has 3 N–H and O–H groups in total. The minimum absolute atomic E-state index is 0.260. The molecule has 1 aliphatic heterocycles. The fraction of sp³-hybridized carbons (Fsp3) is 0.529. The van der Waals surface area contributed by atoms with Crippen molar-refractivity contribution in [3.8, 4) is 0 Å². The highest BCUT2D eigenvalue weighted by Crippen LogP contribution is 2.20. The average molecular weight is 355 g/mol. The van der Waals surface area contributed by atoms with E-state index in [1.165, 1.54) is 6.07 Å². The quantitative estimate of drug-likeness (QED) is 0.629. The van der Waals surface area contributed by atoms with Gasteiger partial charge in [0.15, 0.2) is 5.96 Å². The molecule has 1 aromatic carbocycles. The molecule has 1 aliphatic rings. The summed E-state index contributed by atoms with van der Waals surface area (Å²) in [6, 6.07) is 4.70. The van der Waals surface area contributed by atoms with E-state index in [1.807, 2.05) is 0 Å². The van der Waals surface area contributed by atoms with Crippen LogP contribution in [0.25, 0.3) is 0 Å². The van der Waals surface area contributed by atoms with Crippen molar-refractivity contribution >= 4 is 23.5 Å². The smallest absolute Gasteiger partial charge is 0.217 e. The lowest BCUT2D eigenvalue weighted by Crippen LogP contribution is -2.47. The number of aliphatic imine (C=N–C) groups is 1. The number of nitrogens with one attached hydrogen (secondary N) is 1. The van der Waals surface area contributed by atoms with Gasteiger partial charge in [-0.25, -0.2) is 4.39 Å². The number of guanidine groups is 1. The van der Waals surface area contributed by atoms with Gasteiger partial charge in [0.2, 0.25) is 5.91 Å². The molecule has 0 radical (unpaired) electrons. The number of carbonyl (C=O) groups is 1. The Hall–Kier alpha value is -1.82. The summed E-state index contributed by atoms with van der Waals surface area (Å²) < 4.78 is 13.8. The molecule has 0 saturated carbocycles. The molecule has 1 unspecified atom stereocenters. The minimum atomic E-state index is -0.293. The van der Waals surface area contributed by atoms with Gasteiger partial charge in [0.05, 0.1) is 0 Å². The number of carbonyl (C=O) groups excluding carboxylic acids is 1. The summed E-state index contributed by atoms with van der Waals surface area (Å²) in [5.74, 6) is 0.463. The van der Waals surface area contributed by atoms with Crippen molar-refractivity contribution < 1.29 is 9.18 Å². The Balaban J connectivity index is 1.89. The third kappa shape index (κ3) is 5.09. The molecule has 0 spiro atoms. The van der Waals surface area contributed by atoms with Gasteiger partial charge in [-0.05, 0) is 37.3 Å². The lowest BCUT2D eigenvalue weighted by Gasteiger charge is -2.34. The van der Waals surface area contributed by atoms with Crippen LogP contribution in [0, 0.1) is 11.7 Å². The predicted molar refractivity (Wildman–Crippen MR) is 94.6 cm³/mol. The molecule has 0 aromatic heterocycles. The Kier molecular flexibility index (Phi) is 6.85. The highest BCUT2D eigenvalue weighted by Gasteiger charge is 2.23. The molecular weight excluding hydrogens is 331 g/mol. The van der Waals surface area contributed by atoms with Crippen LogP contribution in [0.2, 0.25) is 5.02 Å². The molecule has 0 bridgehead atoms. The predicted octanol–water partition coefficient (Wildman–Crippen LogP) is 2.18. The first-order valence-corrected chi connectivity index (χ1v) is 8.56. The normalized spacial score (nSPS) is 18.5. The number of primary amides is 1. The van der Waals surface area contributed by atoms with Crippen LogP contribution < -0.4 is 11.1 Å². The number of rotatable bonds is 5. The molecule has 1 aromatic rings. The molecule has 1 fully saturated rings. The van der Waals surface area contributed by atoms with Gasteiger partial charge in [-0.2, -0.15) is 0 Å². The lowest BCUT2D eigenvalue weighted by atomic mass is 9.95. The highest BCUT2D eigenvalue weighted by atomic mass is 35.5. The van der Waals surface area contributed by atoms with Gasteiger partial charge in [-0.3, -0.25) is 9.79 Å². The second kappa shape index (κ2) is 8.87. The molecule has 1 heterocycles. The maximum Gasteiger partial charge on any atom is 0.217 e. The Bertz CT molecular complexity index is 588. The zero-order valence-corrected chi connectivity index (χ0v) is 14.7. The molecule has 1 atom stereocenters. The Morgan fingerprint density at radius 3 is 3.00 bits per heavy atom. The molecule has 132 valence electrons. The lowest BCUT2D eigenvalue weighted by molar-refractivity contribution is -0.119. The summed E-state index contributed by atoms with van der Waals surface area (Å²) >= 11 is 6.04. The standard InChI is InChI=1S/C17H24ClFN4O/c1-21-17(23-9-3-4-12(11-23)10-16(20)24)22-8-7-13-14(18)5-2-6-15(13)19/h2,5-6,12H,3-4,7-11H2,1H3,(H2,20,24)(H,21,22). The van der Waals surface area contributed by atoms with Crippen LogP contribution in [-0.2, 0) is 11.2 Å². The molecule has 7 heteroatoms. The number of amides is 1. The van der Waals surface area contributed by atoms with Gasteiger partial charge >= 0.3 is 0 Å². The van der Waals surface area contributed by atoms with Gasteiger partial charge < -0.3 is 16.0 Å². The largest absolute Gasteiger partial charge is 0.370 e. The van der Waals surface area contributed by atoms with Crippen molar-refractivity contribution in [3.63, 3.8) is 0 Å². The highest BCUT2D eigenvalue weighted by molar-refractivity contribution is 6.31. The summed E-state index contributed by atoms with van der Waals surface area (Å²) in [6.07, 6.45) is 2.88. The second-order valence-electron chi connectivity index (χ2n) is 6.05. The molecule has 1 amide bonds. The number of halogens is 2. The monoisotopic (exact) mass is 354 g/mol. The van der Waals surface area contributed by atoms with E-state index in [4.69, 9.17) is 17.3 Å². The topological polar surface area (TPSA) is 70.7 Å². The summed E-state index contributed by atoms with van der Waals surface area (Å²) in [5.41, 5.74) is 5.81. The van der Waals surface area contributed by atoms with E-state index in [1.54, 1.807) is 19.2 Å². The maximum atomic E-state index is 13.8. The Morgan fingerprint density at radius 1 is 1.54 bits per heavy atom. The number of hydrogen-bond donors (Lipinski definition) is 2. The van der Waals surface area contributed by atoms with Crippen LogP contribution in [0.3, 0.4) is 0 Å². The third-order valence-electron chi connectivity index (χ3n) is 4.24. The molecule has 5 nitrogen and oxygen atoms in total. The summed E-state index contributed by atoms with van der Waals surface area (Å²) in [7, 11) is 1.72. The molecule has 24 heavy (non-hydrogen) atoms. The molecular formula is C17H24ClFN4O. The summed E-state index contributed by atoms with van der Waals surface area (Å²) in [6.45, 7) is 2.17. The molecule has 1 saturated heterocycles. The number of benzene rings is 1. The fourth-order valence-corrected chi connectivity index (χ4v) is 3.37. The van der Waals surface area contributed by atoms with Crippen LogP contribution in [-0.4, -0.2) is 43.4 Å². The SMILES string of the molecule is CN=C(NCCc1c(F)cccc1Cl)N1CCCC(CC(N)=O)C1. The van der Waals surface area contributed by atoms with Crippen LogP contribution in [0.15, 0.2) is 23.2 Å². The third-order valence-corrected chi connectivity index (χ3v) is 4.59. The van der Waals surface area contributed by atoms with Gasteiger partial charge in [0.1, 0.15) is 5.82 Å². The van der Waals surface area contributed by atoms with Crippen molar-refractivity contribution in [2.45, 2.75) is 25.7 Å². The number of piperidine rings is 1. The van der Waals surface area contributed by atoms with E-state index in [9.17, 15) is 9.18 Å². The van der Waals surface area contributed by atoms with E-state index in [2.05, 4.69) is 15.2 Å². The van der Waals surface area contributed by atoms with Crippen LogP contribution in [0.4, 0.5) is 4.39 Å². The zero-order chi connectivity index (χ0) is 17.5. The summed E-state index contributed by atoms with van der Waals surface area (Å²) in [5, 5.41) is 3.69.